The van der Waals surface area contributed by atoms with Crippen molar-refractivity contribution in [3.05, 3.63) is 53.5 Å². The molecule has 4 amide bonds. The van der Waals surface area contributed by atoms with E-state index in [4.69, 9.17) is 4.74 Å². The number of piperazine rings is 2. The van der Waals surface area contributed by atoms with Crippen LogP contribution in [0.15, 0.2) is 36.8 Å². The van der Waals surface area contributed by atoms with Crippen LogP contribution in [0.25, 0.3) is 0 Å². The van der Waals surface area contributed by atoms with E-state index >= 15 is 0 Å². The molecule has 3 saturated heterocycles. The Balaban J connectivity index is 0.763. The highest BCUT2D eigenvalue weighted by atomic mass is 16.5. The number of hydrogen-bond acceptors (Lipinski definition) is 16. The van der Waals surface area contributed by atoms with Crippen molar-refractivity contribution in [1.82, 2.24) is 49.6 Å². The summed E-state index contributed by atoms with van der Waals surface area (Å²) in [7, 11) is 4.85. The molecule has 3 aromatic rings. The molecule has 3 N–H and O–H groups in total. The minimum Gasteiger partial charge on any atom is -0.462 e. The first-order valence-corrected chi connectivity index (χ1v) is 25.7. The molecule has 21 nitrogen and oxygen atoms in total. The number of carbonyl (C=O) groups is 7. The molecule has 1 unspecified atom stereocenters. The molecule has 1 saturated carbocycles. The van der Waals surface area contributed by atoms with Gasteiger partial charge in [-0.2, -0.15) is 10.1 Å². The third-order valence-corrected chi connectivity index (χ3v) is 14.9. The van der Waals surface area contributed by atoms with Crippen LogP contribution in [0.4, 0.5) is 23.1 Å². The zero-order chi connectivity index (χ0) is 51.1. The van der Waals surface area contributed by atoms with Crippen LogP contribution in [0.2, 0.25) is 0 Å². The Morgan fingerprint density at radius 1 is 0.847 bits per heavy atom. The fourth-order valence-corrected chi connectivity index (χ4v) is 10.4. The summed E-state index contributed by atoms with van der Waals surface area (Å²) in [4.78, 5) is 110. The molecule has 0 spiro atoms. The lowest BCUT2D eigenvalue weighted by molar-refractivity contribution is -0.139. The van der Waals surface area contributed by atoms with Crippen LogP contribution in [0.3, 0.4) is 0 Å². The predicted octanol–water partition coefficient (Wildman–Crippen LogP) is 3.21. The van der Waals surface area contributed by atoms with Gasteiger partial charge in [-0.3, -0.25) is 38.5 Å². The summed E-state index contributed by atoms with van der Waals surface area (Å²) in [5.74, 6) is 0.304. The van der Waals surface area contributed by atoms with Crippen molar-refractivity contribution in [2.45, 2.75) is 95.7 Å². The minimum absolute atomic E-state index is 0.0469. The number of hydrogen-bond donors (Lipinski definition) is 3. The highest BCUT2D eigenvalue weighted by Crippen LogP contribution is 2.29. The number of nitrogens with zero attached hydrogens (tertiary/aromatic N) is 10. The maximum Gasteiger partial charge on any atom is 0.343 e. The fourth-order valence-electron chi connectivity index (χ4n) is 10.4. The molecule has 72 heavy (non-hydrogen) atoms. The maximum absolute atomic E-state index is 13.3. The number of ether oxygens (including phenoxy) is 1. The van der Waals surface area contributed by atoms with E-state index in [-0.39, 0.29) is 67.2 Å². The molecule has 21 heteroatoms. The summed E-state index contributed by atoms with van der Waals surface area (Å²) in [5, 5.41) is 13.4. The first kappa shape index (κ1) is 53.3. The van der Waals surface area contributed by atoms with E-state index in [0.29, 0.717) is 55.0 Å². The first-order chi connectivity index (χ1) is 34.8. The maximum atomic E-state index is 13.3. The van der Waals surface area contributed by atoms with Gasteiger partial charge in [-0.05, 0) is 89.0 Å². The molecule has 390 valence electrons. The van der Waals surface area contributed by atoms with Crippen molar-refractivity contribution in [3.8, 4) is 0 Å². The van der Waals surface area contributed by atoms with Gasteiger partial charge in [0.25, 0.3) is 5.91 Å². The third-order valence-electron chi connectivity index (χ3n) is 14.9. The number of nitrogens with one attached hydrogen (secondary N) is 3. The number of likely N-dealkylation sites (tertiary alicyclic amines) is 1. The summed E-state index contributed by atoms with van der Waals surface area (Å²) < 4.78 is 6.97. The number of likely N-dealkylation sites (N-methyl/N-ethyl adjacent to an activating group) is 1. The van der Waals surface area contributed by atoms with E-state index in [0.717, 1.165) is 115 Å². The molecule has 7 rings (SSSR count). The van der Waals surface area contributed by atoms with Gasteiger partial charge >= 0.3 is 5.97 Å². The smallest absolute Gasteiger partial charge is 0.343 e. The van der Waals surface area contributed by atoms with Gasteiger partial charge in [0, 0.05) is 142 Å². The number of benzene rings is 1. The van der Waals surface area contributed by atoms with Crippen molar-refractivity contribution >= 4 is 65.3 Å². The van der Waals surface area contributed by atoms with Gasteiger partial charge in [-0.25, -0.2) is 9.78 Å². The number of aryl methyl sites for hydroxylation is 1. The van der Waals surface area contributed by atoms with Crippen molar-refractivity contribution in [1.29, 1.82) is 0 Å². The van der Waals surface area contributed by atoms with E-state index < -0.39 is 17.9 Å². The normalized spacial score (nSPS) is 19.5. The number of rotatable bonds is 21. The van der Waals surface area contributed by atoms with Crippen LogP contribution in [-0.4, -0.2) is 197 Å². The summed E-state index contributed by atoms with van der Waals surface area (Å²) >= 11 is 0. The molecule has 4 fully saturated rings. The lowest BCUT2D eigenvalue weighted by atomic mass is 9.89. The number of aldehydes is 2. The third kappa shape index (κ3) is 14.1. The Hall–Kier alpha value is -6.48. The average Bonchev–Trinajstić information content (AvgIpc) is 3.83. The Labute approximate surface area is 422 Å². The Bertz CT molecular complexity index is 2350. The lowest BCUT2D eigenvalue weighted by Crippen LogP contribution is -2.53. The minimum atomic E-state index is -0.790. The summed E-state index contributed by atoms with van der Waals surface area (Å²) in [5.41, 5.74) is 2.37. The molecule has 3 aliphatic heterocycles. The van der Waals surface area contributed by atoms with Crippen LogP contribution in [0, 0.1) is 5.92 Å². The molecule has 0 radical (unpaired) electrons. The SMILES string of the molecule is CCOC(=O)c1cnc(Nc2cnn(C)c2)nc1NC1CCC(N2CCN(C(=O)CCC(=O)N3CCC(CCN4CCN(c5ccc(C(=O)N(C)C(C=O)CCC(=O)NC)c(C=O)c5)CC4)CC3)CC2)CC1. The largest absolute Gasteiger partial charge is 0.462 e. The van der Waals surface area contributed by atoms with E-state index in [2.05, 4.69) is 45.7 Å². The fraction of sp³-hybridized carbons (Fsp3) is 0.608. The van der Waals surface area contributed by atoms with E-state index in [1.165, 1.54) is 25.2 Å². The van der Waals surface area contributed by atoms with Crippen molar-refractivity contribution in [2.24, 2.45) is 13.0 Å². The molecule has 1 atom stereocenters. The Morgan fingerprint density at radius 3 is 2.17 bits per heavy atom. The van der Waals surface area contributed by atoms with E-state index in [1.54, 1.807) is 29.9 Å². The summed E-state index contributed by atoms with van der Waals surface area (Å²) in [6.07, 6.45) is 13.8. The molecular formula is C51H73N13O8. The molecule has 1 aromatic carbocycles. The van der Waals surface area contributed by atoms with Crippen LogP contribution in [0.5, 0.6) is 0 Å². The molecule has 5 heterocycles. The van der Waals surface area contributed by atoms with Crippen molar-refractivity contribution < 1.29 is 38.3 Å². The lowest BCUT2D eigenvalue weighted by Gasteiger charge is -2.42. The van der Waals surface area contributed by atoms with Gasteiger partial charge in [0.1, 0.15) is 17.7 Å². The highest BCUT2D eigenvalue weighted by Gasteiger charge is 2.32. The Kier molecular flexibility index (Phi) is 19.1. The van der Waals surface area contributed by atoms with Gasteiger partial charge in [0.2, 0.25) is 23.7 Å². The monoisotopic (exact) mass is 996 g/mol. The second-order valence-electron chi connectivity index (χ2n) is 19.4. The summed E-state index contributed by atoms with van der Waals surface area (Å²) in [6, 6.07) is 4.97. The second-order valence-corrected chi connectivity index (χ2v) is 19.4. The van der Waals surface area contributed by atoms with Gasteiger partial charge in [-0.1, -0.05) is 0 Å². The van der Waals surface area contributed by atoms with Crippen LogP contribution in [0.1, 0.15) is 109 Å². The van der Waals surface area contributed by atoms with Crippen molar-refractivity contribution in [3.63, 3.8) is 0 Å². The number of esters is 1. The van der Waals surface area contributed by atoms with E-state index in [1.807, 2.05) is 29.1 Å². The zero-order valence-corrected chi connectivity index (χ0v) is 42.4. The molecular weight excluding hydrogens is 923 g/mol. The molecule has 4 aliphatic rings. The molecule has 0 bridgehead atoms. The van der Waals surface area contributed by atoms with Crippen LogP contribution in [-0.2, 0) is 31.0 Å². The number of amides is 4. The van der Waals surface area contributed by atoms with Gasteiger partial charge in [0.15, 0.2) is 6.29 Å². The highest BCUT2D eigenvalue weighted by molar-refractivity contribution is 6.03. The van der Waals surface area contributed by atoms with Gasteiger partial charge < -0.3 is 45.1 Å². The number of carbonyl (C=O) groups excluding carboxylic acids is 7. The first-order valence-electron chi connectivity index (χ1n) is 25.7. The van der Waals surface area contributed by atoms with Crippen LogP contribution >= 0.6 is 0 Å². The summed E-state index contributed by atoms with van der Waals surface area (Å²) in [6.45, 7) is 10.7. The van der Waals surface area contributed by atoms with Crippen molar-refractivity contribution in [2.75, 3.05) is 108 Å². The average molecular weight is 996 g/mol. The standard InChI is InChI=1S/C51H73N13O8/c1-5-72-50(71)44-32-53-51(56-39-31-54-58(3)33-39)57-48(44)55-38-6-8-40(9-7-38)61-26-28-64(29-27-61)47(69)15-14-46(68)63-20-17-36(18-21-63)16-19-60-22-24-62(25-23-60)41-10-12-43(37(30-41)34-65)49(70)59(4)42(35-66)11-13-45(67)52-2/h10,12,30-36,38,40,42H,5-9,11,13-29H2,1-4H3,(H,52,67)(H2,53,55,56,57). The Morgan fingerprint density at radius 2 is 1.54 bits per heavy atom. The molecule has 2 aromatic heterocycles. The van der Waals surface area contributed by atoms with E-state index in [9.17, 15) is 33.6 Å². The quantitative estimate of drug-likeness (QED) is 0.103. The number of piperidine rings is 1. The predicted molar refractivity (Wildman–Crippen MR) is 271 cm³/mol. The number of aromatic nitrogens is 4. The topological polar surface area (TPSA) is 228 Å². The molecule has 1 aliphatic carbocycles. The zero-order valence-electron chi connectivity index (χ0n) is 42.4. The number of anilines is 4. The second kappa shape index (κ2) is 25.8. The van der Waals surface area contributed by atoms with Gasteiger partial charge in [0.05, 0.1) is 30.1 Å². The van der Waals surface area contributed by atoms with Crippen LogP contribution < -0.4 is 20.9 Å². The van der Waals surface area contributed by atoms with Gasteiger partial charge in [-0.15, -0.1) is 0 Å².